The molecule has 148 valence electrons. The number of epoxide rings is 2. The number of rotatable bonds is 1. The Hall–Kier alpha value is -0.990. The first-order valence-electron chi connectivity index (χ1n) is 9.92. The van der Waals surface area contributed by atoms with Crippen molar-refractivity contribution in [3.05, 3.63) is 11.1 Å². The van der Waals surface area contributed by atoms with Crippen LogP contribution in [0.4, 0.5) is 0 Å². The molecule has 3 aliphatic carbocycles. The van der Waals surface area contributed by atoms with Gasteiger partial charge >= 0.3 is 5.97 Å². The number of cyclic esters (lactones) is 1. The lowest BCUT2D eigenvalue weighted by Crippen LogP contribution is -2.75. The molecular weight excluding hydrogens is 352 g/mol. The van der Waals surface area contributed by atoms with Gasteiger partial charge in [-0.05, 0) is 51.0 Å². The van der Waals surface area contributed by atoms with Crippen molar-refractivity contribution in [3.63, 3.8) is 0 Å². The van der Waals surface area contributed by atoms with Crippen LogP contribution in [0.15, 0.2) is 11.1 Å². The summed E-state index contributed by atoms with van der Waals surface area (Å²) in [5.74, 6) is -0.132. The number of aliphatic hydroxyl groups excluding tert-OH is 1. The Labute approximate surface area is 157 Å². The second-order valence-electron chi connectivity index (χ2n) is 10.1. The Bertz CT molecular complexity index is 814. The SMILES string of the molecule is CC(C)(O)[C@]12O[C@H]1[C@@H]1O[C@@]13[C@@]1(C)CCC4=C(COC4=O)[C@@H]1CC[C@@]3(O)[C@@H]2O. The molecule has 4 fully saturated rings. The molecular formula is C20H26O7. The van der Waals surface area contributed by atoms with Crippen LogP contribution in [0.3, 0.4) is 0 Å². The fraction of sp³-hybridized carbons (Fsp3) is 0.850. The third-order valence-electron chi connectivity index (χ3n) is 8.82. The second kappa shape index (κ2) is 4.28. The zero-order chi connectivity index (χ0) is 19.2. The molecule has 3 heterocycles. The number of carbonyl (C=O) groups excluding carboxylic acids is 1. The topological polar surface area (TPSA) is 112 Å². The molecule has 7 heteroatoms. The minimum absolute atomic E-state index is 0.0820. The fourth-order valence-electron chi connectivity index (χ4n) is 7.40. The van der Waals surface area contributed by atoms with Gasteiger partial charge in [-0.2, -0.15) is 0 Å². The lowest BCUT2D eigenvalue weighted by molar-refractivity contribution is -0.230. The van der Waals surface area contributed by atoms with Crippen molar-refractivity contribution in [2.75, 3.05) is 6.61 Å². The van der Waals surface area contributed by atoms with Crippen molar-refractivity contribution < 1.29 is 34.3 Å². The predicted molar refractivity (Wildman–Crippen MR) is 90.5 cm³/mol. The van der Waals surface area contributed by atoms with Crippen molar-refractivity contribution in [1.29, 1.82) is 0 Å². The fourth-order valence-corrected chi connectivity index (χ4v) is 7.40. The Morgan fingerprint density at radius 1 is 1.19 bits per heavy atom. The molecule has 2 saturated carbocycles. The summed E-state index contributed by atoms with van der Waals surface area (Å²) in [5, 5.41) is 33.8. The van der Waals surface area contributed by atoms with Gasteiger partial charge in [-0.3, -0.25) is 0 Å². The second-order valence-corrected chi connectivity index (χ2v) is 10.1. The molecule has 6 aliphatic rings. The van der Waals surface area contributed by atoms with Crippen LogP contribution >= 0.6 is 0 Å². The van der Waals surface area contributed by atoms with E-state index in [4.69, 9.17) is 14.2 Å². The van der Waals surface area contributed by atoms with E-state index in [0.29, 0.717) is 32.3 Å². The maximum Gasteiger partial charge on any atom is 0.334 e. The number of ether oxygens (including phenoxy) is 3. The van der Waals surface area contributed by atoms with E-state index in [2.05, 4.69) is 6.92 Å². The third-order valence-corrected chi connectivity index (χ3v) is 8.82. The van der Waals surface area contributed by atoms with Gasteiger partial charge in [0.15, 0.2) is 5.60 Å². The van der Waals surface area contributed by atoms with E-state index in [1.807, 2.05) is 0 Å². The van der Waals surface area contributed by atoms with E-state index in [1.165, 1.54) is 0 Å². The number of fused-ring (bicyclic) bond motifs is 4. The number of esters is 1. The van der Waals surface area contributed by atoms with Gasteiger partial charge in [0.05, 0.1) is 5.60 Å². The summed E-state index contributed by atoms with van der Waals surface area (Å²) < 4.78 is 17.5. The summed E-state index contributed by atoms with van der Waals surface area (Å²) in [6.45, 7) is 5.66. The molecule has 0 aromatic rings. The Morgan fingerprint density at radius 2 is 1.93 bits per heavy atom. The molecule has 8 atom stereocenters. The first-order chi connectivity index (χ1) is 12.5. The van der Waals surface area contributed by atoms with Crippen LogP contribution in [0.2, 0.25) is 0 Å². The first-order valence-corrected chi connectivity index (χ1v) is 9.92. The lowest BCUT2D eigenvalue weighted by Gasteiger charge is -2.59. The van der Waals surface area contributed by atoms with E-state index < -0.39 is 40.0 Å². The normalized spacial score (nSPS) is 57.8. The van der Waals surface area contributed by atoms with Crippen LogP contribution in [-0.2, 0) is 19.0 Å². The molecule has 0 aromatic carbocycles. The Morgan fingerprint density at radius 3 is 2.63 bits per heavy atom. The van der Waals surface area contributed by atoms with E-state index in [0.717, 1.165) is 11.1 Å². The minimum Gasteiger partial charge on any atom is -0.458 e. The van der Waals surface area contributed by atoms with E-state index in [-0.39, 0.29) is 18.0 Å². The van der Waals surface area contributed by atoms with Gasteiger partial charge in [0.1, 0.15) is 36.1 Å². The maximum atomic E-state index is 12.0. The molecule has 3 aliphatic heterocycles. The summed E-state index contributed by atoms with van der Waals surface area (Å²) in [6.07, 6.45) is 0.259. The van der Waals surface area contributed by atoms with Gasteiger partial charge < -0.3 is 29.5 Å². The van der Waals surface area contributed by atoms with E-state index >= 15 is 0 Å². The Balaban J connectivity index is 1.47. The van der Waals surface area contributed by atoms with Crippen molar-refractivity contribution >= 4 is 5.97 Å². The van der Waals surface area contributed by atoms with Crippen molar-refractivity contribution in [3.8, 4) is 0 Å². The molecule has 0 aromatic heterocycles. The van der Waals surface area contributed by atoms with E-state index in [1.54, 1.807) is 13.8 Å². The molecule has 1 spiro atoms. The molecule has 0 unspecified atom stereocenters. The number of aliphatic hydroxyl groups is 3. The monoisotopic (exact) mass is 378 g/mol. The predicted octanol–water partition coefficient (Wildman–Crippen LogP) is 0.202. The van der Waals surface area contributed by atoms with Gasteiger partial charge in [0.25, 0.3) is 0 Å². The molecule has 0 bridgehead atoms. The number of hydrogen-bond donors (Lipinski definition) is 3. The molecule has 7 nitrogen and oxygen atoms in total. The first kappa shape index (κ1) is 16.9. The third kappa shape index (κ3) is 1.47. The highest BCUT2D eigenvalue weighted by molar-refractivity contribution is 5.92. The lowest BCUT2D eigenvalue weighted by atomic mass is 9.45. The quantitative estimate of drug-likeness (QED) is 0.441. The summed E-state index contributed by atoms with van der Waals surface area (Å²) in [6, 6.07) is 0. The molecule has 3 N–H and O–H groups in total. The van der Waals surface area contributed by atoms with Crippen molar-refractivity contribution in [2.45, 2.75) is 87.2 Å². The van der Waals surface area contributed by atoms with Crippen LogP contribution in [-0.4, -0.2) is 68.6 Å². The number of hydrogen-bond acceptors (Lipinski definition) is 7. The molecule has 0 radical (unpaired) electrons. The van der Waals surface area contributed by atoms with Gasteiger partial charge in [-0.25, -0.2) is 4.79 Å². The summed E-state index contributed by atoms with van der Waals surface area (Å²) in [4.78, 5) is 12.0. The van der Waals surface area contributed by atoms with Gasteiger partial charge in [0.2, 0.25) is 0 Å². The average molecular weight is 378 g/mol. The smallest absolute Gasteiger partial charge is 0.334 e. The Kier molecular flexibility index (Phi) is 2.68. The van der Waals surface area contributed by atoms with Crippen LogP contribution in [0.1, 0.15) is 46.5 Å². The standard InChI is InChI=1S/C20H26O7/c1-16(2,23)19-12(26-19)13-20(27-13)17(3)6-4-9-10(8-25-14(9)21)11(17)5-7-18(20,24)15(19)22/h11-13,15,22-24H,4-8H2,1-3H3/t11-,12-,13-,15-,17-,18+,19-,20+/m0/s1. The van der Waals surface area contributed by atoms with Crippen LogP contribution in [0, 0.1) is 11.3 Å². The van der Waals surface area contributed by atoms with Gasteiger partial charge in [-0.15, -0.1) is 0 Å². The highest BCUT2D eigenvalue weighted by atomic mass is 16.7. The zero-order valence-corrected chi connectivity index (χ0v) is 15.8. The van der Waals surface area contributed by atoms with E-state index in [9.17, 15) is 20.1 Å². The van der Waals surface area contributed by atoms with Crippen LogP contribution in [0.25, 0.3) is 0 Å². The van der Waals surface area contributed by atoms with Crippen LogP contribution < -0.4 is 0 Å². The van der Waals surface area contributed by atoms with Crippen molar-refractivity contribution in [1.82, 2.24) is 0 Å². The summed E-state index contributed by atoms with van der Waals surface area (Å²) in [7, 11) is 0. The van der Waals surface area contributed by atoms with Gasteiger partial charge in [0, 0.05) is 11.0 Å². The molecule has 2 saturated heterocycles. The zero-order valence-electron chi connectivity index (χ0n) is 15.8. The molecule has 6 rings (SSSR count). The van der Waals surface area contributed by atoms with Gasteiger partial charge in [-0.1, -0.05) is 6.92 Å². The minimum atomic E-state index is -1.49. The maximum absolute atomic E-state index is 12.0. The summed E-state index contributed by atoms with van der Waals surface area (Å²) >= 11 is 0. The van der Waals surface area contributed by atoms with Crippen LogP contribution in [0.5, 0.6) is 0 Å². The largest absolute Gasteiger partial charge is 0.458 e. The highest BCUT2D eigenvalue weighted by Crippen LogP contribution is 2.77. The molecule has 0 amide bonds. The van der Waals surface area contributed by atoms with Crippen molar-refractivity contribution in [2.24, 2.45) is 11.3 Å². The highest BCUT2D eigenvalue weighted by Gasteiger charge is 2.95. The molecule has 27 heavy (non-hydrogen) atoms. The average Bonchev–Trinajstić information content (AvgIpc) is 3.46. The summed E-state index contributed by atoms with van der Waals surface area (Å²) in [5.41, 5.74) is -3.47. The number of carbonyl (C=O) groups is 1.